The molecule has 2 aromatic carbocycles. The number of ether oxygens (including phenoxy) is 1. The summed E-state index contributed by atoms with van der Waals surface area (Å²) in [5.74, 6) is -0.510. The summed E-state index contributed by atoms with van der Waals surface area (Å²) in [5.41, 5.74) is 1.63. The van der Waals surface area contributed by atoms with E-state index < -0.39 is 11.6 Å². The fraction of sp³-hybridized carbons (Fsp3) is 0.250. The SMILES string of the molecule is CCNCc1ccc(OCc2cc(F)cc(F)c2)cc1. The Hall–Kier alpha value is -1.94. The van der Waals surface area contributed by atoms with E-state index in [9.17, 15) is 8.78 Å². The summed E-state index contributed by atoms with van der Waals surface area (Å²) in [6.07, 6.45) is 0. The monoisotopic (exact) mass is 277 g/mol. The number of rotatable bonds is 6. The van der Waals surface area contributed by atoms with Gasteiger partial charge in [0, 0.05) is 12.6 Å². The zero-order valence-electron chi connectivity index (χ0n) is 11.3. The van der Waals surface area contributed by atoms with E-state index in [0.717, 1.165) is 24.7 Å². The standard InChI is InChI=1S/C16H17F2NO/c1-2-19-10-12-3-5-16(6-4-12)20-11-13-7-14(17)9-15(18)8-13/h3-9,19H,2,10-11H2,1H3. The molecule has 0 saturated carbocycles. The Kier molecular flexibility index (Phi) is 5.07. The lowest BCUT2D eigenvalue weighted by atomic mass is 10.2. The Balaban J connectivity index is 1.93. The van der Waals surface area contributed by atoms with Gasteiger partial charge in [-0.05, 0) is 41.9 Å². The zero-order valence-corrected chi connectivity index (χ0v) is 11.3. The molecule has 0 bridgehead atoms. The first-order valence-corrected chi connectivity index (χ1v) is 6.55. The Bertz CT molecular complexity index is 535. The predicted molar refractivity (Wildman–Crippen MR) is 74.5 cm³/mol. The van der Waals surface area contributed by atoms with Crippen LogP contribution in [0.1, 0.15) is 18.1 Å². The third kappa shape index (κ3) is 4.31. The van der Waals surface area contributed by atoms with Crippen molar-refractivity contribution in [3.05, 3.63) is 65.2 Å². The van der Waals surface area contributed by atoms with Crippen LogP contribution < -0.4 is 10.1 Å². The van der Waals surface area contributed by atoms with Crippen LogP contribution >= 0.6 is 0 Å². The van der Waals surface area contributed by atoms with Crippen molar-refractivity contribution in [1.82, 2.24) is 5.32 Å². The molecule has 0 atom stereocenters. The number of nitrogens with one attached hydrogen (secondary N) is 1. The fourth-order valence-electron chi connectivity index (χ4n) is 1.83. The maximum absolute atomic E-state index is 13.0. The van der Waals surface area contributed by atoms with Gasteiger partial charge in [0.05, 0.1) is 0 Å². The van der Waals surface area contributed by atoms with E-state index in [1.54, 1.807) is 0 Å². The van der Waals surface area contributed by atoms with Crippen molar-refractivity contribution in [2.75, 3.05) is 6.54 Å². The van der Waals surface area contributed by atoms with Gasteiger partial charge in [-0.1, -0.05) is 19.1 Å². The van der Waals surface area contributed by atoms with Gasteiger partial charge < -0.3 is 10.1 Å². The van der Waals surface area contributed by atoms with Gasteiger partial charge in [0.15, 0.2) is 0 Å². The van der Waals surface area contributed by atoms with Crippen molar-refractivity contribution < 1.29 is 13.5 Å². The molecule has 0 saturated heterocycles. The van der Waals surface area contributed by atoms with Crippen molar-refractivity contribution in [2.24, 2.45) is 0 Å². The molecule has 2 rings (SSSR count). The summed E-state index contributed by atoms with van der Waals surface area (Å²) in [4.78, 5) is 0. The average Bonchev–Trinajstić information content (AvgIpc) is 2.43. The molecule has 0 aliphatic heterocycles. The molecule has 106 valence electrons. The lowest BCUT2D eigenvalue weighted by molar-refractivity contribution is 0.304. The van der Waals surface area contributed by atoms with Gasteiger partial charge in [-0.2, -0.15) is 0 Å². The first-order chi connectivity index (χ1) is 9.67. The van der Waals surface area contributed by atoms with Crippen LogP contribution in [0.2, 0.25) is 0 Å². The highest BCUT2D eigenvalue weighted by Gasteiger charge is 2.02. The van der Waals surface area contributed by atoms with Crippen molar-refractivity contribution in [1.29, 1.82) is 0 Å². The minimum absolute atomic E-state index is 0.140. The second-order valence-corrected chi connectivity index (χ2v) is 4.49. The van der Waals surface area contributed by atoms with E-state index in [1.807, 2.05) is 24.3 Å². The second kappa shape index (κ2) is 7.01. The van der Waals surface area contributed by atoms with Gasteiger partial charge >= 0.3 is 0 Å². The van der Waals surface area contributed by atoms with Crippen LogP contribution in [0.3, 0.4) is 0 Å². The Morgan fingerprint density at radius 2 is 1.60 bits per heavy atom. The van der Waals surface area contributed by atoms with Crippen LogP contribution in [0.25, 0.3) is 0 Å². The Labute approximate surface area is 117 Å². The molecule has 0 radical (unpaired) electrons. The molecule has 0 amide bonds. The molecule has 20 heavy (non-hydrogen) atoms. The van der Waals surface area contributed by atoms with E-state index in [2.05, 4.69) is 12.2 Å². The minimum atomic E-state index is -0.593. The molecule has 0 spiro atoms. The number of hydrogen-bond acceptors (Lipinski definition) is 2. The van der Waals surface area contributed by atoms with Crippen LogP contribution in [0.4, 0.5) is 8.78 Å². The molecule has 0 aromatic heterocycles. The number of hydrogen-bond donors (Lipinski definition) is 1. The number of benzene rings is 2. The molecule has 1 N–H and O–H groups in total. The summed E-state index contributed by atoms with van der Waals surface area (Å²) >= 11 is 0. The normalized spacial score (nSPS) is 10.6. The van der Waals surface area contributed by atoms with Crippen LogP contribution in [-0.2, 0) is 13.2 Å². The first kappa shape index (κ1) is 14.5. The number of halogens is 2. The van der Waals surface area contributed by atoms with Crippen molar-refractivity contribution in [3.63, 3.8) is 0 Å². The highest BCUT2D eigenvalue weighted by Crippen LogP contribution is 2.15. The average molecular weight is 277 g/mol. The molecule has 0 aliphatic carbocycles. The molecule has 4 heteroatoms. The molecule has 2 aromatic rings. The fourth-order valence-corrected chi connectivity index (χ4v) is 1.83. The van der Waals surface area contributed by atoms with E-state index in [1.165, 1.54) is 12.1 Å². The van der Waals surface area contributed by atoms with Gasteiger partial charge in [0.1, 0.15) is 24.0 Å². The molecular formula is C16H17F2NO. The third-order valence-electron chi connectivity index (χ3n) is 2.83. The maximum Gasteiger partial charge on any atom is 0.126 e. The summed E-state index contributed by atoms with van der Waals surface area (Å²) in [6, 6.07) is 11.0. The van der Waals surface area contributed by atoms with Crippen molar-refractivity contribution >= 4 is 0 Å². The summed E-state index contributed by atoms with van der Waals surface area (Å²) in [6.45, 7) is 3.92. The van der Waals surface area contributed by atoms with Gasteiger partial charge in [0.25, 0.3) is 0 Å². The molecule has 0 fully saturated rings. The smallest absolute Gasteiger partial charge is 0.126 e. The van der Waals surface area contributed by atoms with E-state index in [-0.39, 0.29) is 6.61 Å². The molecular weight excluding hydrogens is 260 g/mol. The van der Waals surface area contributed by atoms with Crippen LogP contribution in [0.15, 0.2) is 42.5 Å². The van der Waals surface area contributed by atoms with E-state index >= 15 is 0 Å². The summed E-state index contributed by atoms with van der Waals surface area (Å²) < 4.78 is 31.6. The first-order valence-electron chi connectivity index (χ1n) is 6.55. The quantitative estimate of drug-likeness (QED) is 0.870. The maximum atomic E-state index is 13.0. The van der Waals surface area contributed by atoms with E-state index in [0.29, 0.717) is 11.3 Å². The molecule has 2 nitrogen and oxygen atoms in total. The lowest BCUT2D eigenvalue weighted by Crippen LogP contribution is -2.11. The van der Waals surface area contributed by atoms with Gasteiger partial charge in [0.2, 0.25) is 0 Å². The molecule has 0 unspecified atom stereocenters. The summed E-state index contributed by atoms with van der Waals surface area (Å²) in [7, 11) is 0. The minimum Gasteiger partial charge on any atom is -0.489 e. The van der Waals surface area contributed by atoms with Crippen molar-refractivity contribution in [3.8, 4) is 5.75 Å². The van der Waals surface area contributed by atoms with Gasteiger partial charge in [-0.15, -0.1) is 0 Å². The van der Waals surface area contributed by atoms with Crippen LogP contribution in [0.5, 0.6) is 5.75 Å². The van der Waals surface area contributed by atoms with E-state index in [4.69, 9.17) is 4.74 Å². The summed E-state index contributed by atoms with van der Waals surface area (Å²) in [5, 5.41) is 3.23. The molecule has 0 aliphatic rings. The van der Waals surface area contributed by atoms with Gasteiger partial charge in [-0.25, -0.2) is 8.78 Å². The lowest BCUT2D eigenvalue weighted by Gasteiger charge is -2.08. The topological polar surface area (TPSA) is 21.3 Å². The third-order valence-corrected chi connectivity index (χ3v) is 2.83. The van der Waals surface area contributed by atoms with Gasteiger partial charge in [-0.3, -0.25) is 0 Å². The van der Waals surface area contributed by atoms with Crippen molar-refractivity contribution in [2.45, 2.75) is 20.1 Å². The highest BCUT2D eigenvalue weighted by molar-refractivity contribution is 5.28. The second-order valence-electron chi connectivity index (χ2n) is 4.49. The largest absolute Gasteiger partial charge is 0.489 e. The molecule has 0 heterocycles. The Morgan fingerprint density at radius 1 is 0.950 bits per heavy atom. The van der Waals surface area contributed by atoms with Crippen LogP contribution in [-0.4, -0.2) is 6.54 Å². The zero-order chi connectivity index (χ0) is 14.4. The Morgan fingerprint density at radius 3 is 2.20 bits per heavy atom. The predicted octanol–water partition coefficient (Wildman–Crippen LogP) is 3.65. The van der Waals surface area contributed by atoms with Crippen LogP contribution in [0, 0.1) is 11.6 Å². The highest BCUT2D eigenvalue weighted by atomic mass is 19.1.